The van der Waals surface area contributed by atoms with Gasteiger partial charge in [-0.05, 0) is 18.6 Å². The van der Waals surface area contributed by atoms with Gasteiger partial charge in [0, 0.05) is 6.04 Å². The van der Waals surface area contributed by atoms with Crippen molar-refractivity contribution in [3.63, 3.8) is 0 Å². The maximum atomic E-state index is 13.4. The highest BCUT2D eigenvalue weighted by Crippen LogP contribution is 2.08. The van der Waals surface area contributed by atoms with Gasteiger partial charge in [0.1, 0.15) is 5.82 Å². The Kier molecular flexibility index (Phi) is 5.30. The van der Waals surface area contributed by atoms with E-state index in [0.29, 0.717) is 6.42 Å². The van der Waals surface area contributed by atoms with E-state index in [1.807, 2.05) is 6.92 Å². The van der Waals surface area contributed by atoms with Gasteiger partial charge in [0.25, 0.3) is 5.91 Å². The minimum absolute atomic E-state index is 0.0270. The topological polar surface area (TPSA) is 55.4 Å². The number of hydrogen-bond acceptors (Lipinski definition) is 3. The van der Waals surface area contributed by atoms with Gasteiger partial charge >= 0.3 is 5.97 Å². The van der Waals surface area contributed by atoms with Gasteiger partial charge in [-0.3, -0.25) is 9.59 Å². The Morgan fingerprint density at radius 2 is 2.06 bits per heavy atom. The molecule has 1 amide bonds. The molecule has 0 aliphatic carbocycles. The van der Waals surface area contributed by atoms with Gasteiger partial charge in [-0.1, -0.05) is 19.1 Å². The first-order valence-electron chi connectivity index (χ1n) is 5.70. The van der Waals surface area contributed by atoms with Crippen molar-refractivity contribution in [2.24, 2.45) is 0 Å². The second-order valence-electron chi connectivity index (χ2n) is 3.84. The molecule has 0 aliphatic heterocycles. The third-order valence-electron chi connectivity index (χ3n) is 2.59. The molecule has 0 spiro atoms. The van der Waals surface area contributed by atoms with E-state index in [1.54, 1.807) is 6.07 Å². The predicted molar refractivity (Wildman–Crippen MR) is 64.6 cm³/mol. The molecule has 0 radical (unpaired) electrons. The summed E-state index contributed by atoms with van der Waals surface area (Å²) in [5, 5.41) is 2.61. The minimum Gasteiger partial charge on any atom is -0.469 e. The number of methoxy groups -OCH3 is 1. The van der Waals surface area contributed by atoms with Crippen molar-refractivity contribution in [1.82, 2.24) is 5.32 Å². The Morgan fingerprint density at radius 3 is 2.61 bits per heavy atom. The van der Waals surface area contributed by atoms with Gasteiger partial charge in [0.05, 0.1) is 19.1 Å². The summed E-state index contributed by atoms with van der Waals surface area (Å²) < 4.78 is 17.9. The molecule has 0 saturated carbocycles. The average Bonchev–Trinajstić information content (AvgIpc) is 2.38. The fourth-order valence-electron chi connectivity index (χ4n) is 1.49. The van der Waals surface area contributed by atoms with E-state index in [2.05, 4.69) is 10.1 Å². The van der Waals surface area contributed by atoms with Crippen LogP contribution in [0.1, 0.15) is 30.1 Å². The number of carbonyl (C=O) groups is 2. The molecule has 1 atom stereocenters. The quantitative estimate of drug-likeness (QED) is 0.815. The highest BCUT2D eigenvalue weighted by atomic mass is 19.1. The molecular weight excluding hydrogens is 237 g/mol. The Labute approximate surface area is 105 Å². The summed E-state index contributed by atoms with van der Waals surface area (Å²) in [6.45, 7) is 1.83. The first kappa shape index (κ1) is 14.2. The number of hydrogen-bond donors (Lipinski definition) is 1. The van der Waals surface area contributed by atoms with Crippen molar-refractivity contribution in [2.45, 2.75) is 25.8 Å². The van der Waals surface area contributed by atoms with Gasteiger partial charge in [-0.25, -0.2) is 4.39 Å². The summed E-state index contributed by atoms with van der Waals surface area (Å²) in [5.74, 6) is -1.51. The van der Waals surface area contributed by atoms with Gasteiger partial charge in [-0.15, -0.1) is 0 Å². The highest BCUT2D eigenvalue weighted by Gasteiger charge is 2.17. The van der Waals surface area contributed by atoms with E-state index in [0.717, 1.165) is 0 Å². The standard InChI is InChI=1S/C13H16FNO3/c1-3-9(8-12(16)18-2)15-13(17)10-6-4-5-7-11(10)14/h4-7,9H,3,8H2,1-2H3,(H,15,17). The number of amides is 1. The number of halogens is 1. The van der Waals surface area contributed by atoms with Crippen LogP contribution in [0.4, 0.5) is 4.39 Å². The second-order valence-corrected chi connectivity index (χ2v) is 3.84. The monoisotopic (exact) mass is 253 g/mol. The zero-order valence-electron chi connectivity index (χ0n) is 10.4. The summed E-state index contributed by atoms with van der Waals surface area (Å²) in [6, 6.07) is 5.35. The van der Waals surface area contributed by atoms with E-state index < -0.39 is 17.7 Å². The molecule has 0 saturated heterocycles. The molecule has 0 aliphatic rings. The van der Waals surface area contributed by atoms with Crippen LogP contribution >= 0.6 is 0 Å². The van der Waals surface area contributed by atoms with Gasteiger partial charge in [0.2, 0.25) is 0 Å². The fourth-order valence-corrected chi connectivity index (χ4v) is 1.49. The van der Waals surface area contributed by atoms with Gasteiger partial charge < -0.3 is 10.1 Å². The van der Waals surface area contributed by atoms with Crippen LogP contribution in [0.2, 0.25) is 0 Å². The molecule has 98 valence electrons. The number of nitrogens with one attached hydrogen (secondary N) is 1. The molecule has 4 nitrogen and oxygen atoms in total. The summed E-state index contributed by atoms with van der Waals surface area (Å²) in [4.78, 5) is 22.9. The Bertz CT molecular complexity index is 434. The van der Waals surface area contributed by atoms with Gasteiger partial charge in [-0.2, -0.15) is 0 Å². The zero-order valence-corrected chi connectivity index (χ0v) is 10.4. The first-order chi connectivity index (χ1) is 8.58. The van der Waals surface area contributed by atoms with E-state index in [4.69, 9.17) is 0 Å². The summed E-state index contributed by atoms with van der Waals surface area (Å²) in [5.41, 5.74) is -0.0270. The third kappa shape index (κ3) is 3.84. The van der Waals surface area contributed by atoms with Crippen LogP contribution in [0, 0.1) is 5.82 Å². The maximum absolute atomic E-state index is 13.4. The van der Waals surface area contributed by atoms with Crippen molar-refractivity contribution < 1.29 is 18.7 Å². The van der Waals surface area contributed by atoms with Crippen LogP contribution in [0.3, 0.4) is 0 Å². The van der Waals surface area contributed by atoms with Crippen LogP contribution in [-0.4, -0.2) is 25.0 Å². The van der Waals surface area contributed by atoms with Crippen LogP contribution in [0.5, 0.6) is 0 Å². The molecule has 1 aromatic carbocycles. The predicted octanol–water partition coefficient (Wildman–Crippen LogP) is 1.90. The van der Waals surface area contributed by atoms with Crippen molar-refractivity contribution in [3.8, 4) is 0 Å². The van der Waals surface area contributed by atoms with Crippen LogP contribution in [0.15, 0.2) is 24.3 Å². The lowest BCUT2D eigenvalue weighted by atomic mass is 10.1. The minimum atomic E-state index is -0.581. The molecule has 1 unspecified atom stereocenters. The summed E-state index contributed by atoms with van der Waals surface area (Å²) in [6.07, 6.45) is 0.641. The zero-order chi connectivity index (χ0) is 13.5. The molecule has 1 rings (SSSR count). The third-order valence-corrected chi connectivity index (χ3v) is 2.59. The SMILES string of the molecule is CCC(CC(=O)OC)NC(=O)c1ccccc1F. The molecule has 5 heteroatoms. The number of ether oxygens (including phenoxy) is 1. The van der Waals surface area contributed by atoms with E-state index in [9.17, 15) is 14.0 Å². The first-order valence-corrected chi connectivity index (χ1v) is 5.70. The van der Waals surface area contributed by atoms with Crippen molar-refractivity contribution >= 4 is 11.9 Å². The fraction of sp³-hybridized carbons (Fsp3) is 0.385. The van der Waals surface area contributed by atoms with Crippen LogP contribution in [-0.2, 0) is 9.53 Å². The number of esters is 1. The van der Waals surface area contributed by atoms with Crippen molar-refractivity contribution in [2.75, 3.05) is 7.11 Å². The maximum Gasteiger partial charge on any atom is 0.307 e. The molecule has 0 bridgehead atoms. The lowest BCUT2D eigenvalue weighted by molar-refractivity contribution is -0.141. The molecule has 18 heavy (non-hydrogen) atoms. The second kappa shape index (κ2) is 6.74. The number of carbonyl (C=O) groups excluding carboxylic acids is 2. The molecular formula is C13H16FNO3. The average molecular weight is 253 g/mol. The largest absolute Gasteiger partial charge is 0.469 e. The molecule has 0 fully saturated rings. The smallest absolute Gasteiger partial charge is 0.307 e. The Morgan fingerprint density at radius 1 is 1.39 bits per heavy atom. The molecule has 1 aromatic rings. The summed E-state index contributed by atoms with van der Waals surface area (Å²) >= 11 is 0. The number of rotatable bonds is 5. The molecule has 0 aromatic heterocycles. The van der Waals surface area contributed by atoms with Gasteiger partial charge in [0.15, 0.2) is 0 Å². The van der Waals surface area contributed by atoms with Crippen molar-refractivity contribution in [3.05, 3.63) is 35.6 Å². The Hall–Kier alpha value is -1.91. The molecule has 0 heterocycles. The lowest BCUT2D eigenvalue weighted by Crippen LogP contribution is -2.36. The normalized spacial score (nSPS) is 11.7. The van der Waals surface area contributed by atoms with E-state index in [-0.39, 0.29) is 18.0 Å². The summed E-state index contributed by atoms with van der Waals surface area (Å²) in [7, 11) is 1.29. The lowest BCUT2D eigenvalue weighted by Gasteiger charge is -2.15. The highest BCUT2D eigenvalue weighted by molar-refractivity contribution is 5.94. The molecule has 1 N–H and O–H groups in total. The van der Waals surface area contributed by atoms with Crippen LogP contribution < -0.4 is 5.32 Å². The van der Waals surface area contributed by atoms with Crippen LogP contribution in [0.25, 0.3) is 0 Å². The van der Waals surface area contributed by atoms with E-state index >= 15 is 0 Å². The van der Waals surface area contributed by atoms with E-state index in [1.165, 1.54) is 25.3 Å². The Balaban J connectivity index is 2.68. The number of benzene rings is 1. The van der Waals surface area contributed by atoms with Crippen molar-refractivity contribution in [1.29, 1.82) is 0 Å².